The van der Waals surface area contributed by atoms with Crippen molar-refractivity contribution in [3.8, 4) is 0 Å². The van der Waals surface area contributed by atoms with E-state index in [-0.39, 0.29) is 10.8 Å². The van der Waals surface area contributed by atoms with Crippen LogP contribution in [0.15, 0.2) is 57.9 Å². The number of halogens is 2. The van der Waals surface area contributed by atoms with Crippen molar-refractivity contribution in [1.82, 2.24) is 4.31 Å². The lowest BCUT2D eigenvalue weighted by Gasteiger charge is -2.19. The molecule has 6 heteroatoms. The molecule has 0 spiro atoms. The minimum Gasteiger partial charge on any atom is -0.207 e. The molecule has 0 atom stereocenters. The zero-order valence-corrected chi connectivity index (χ0v) is 14.6. The van der Waals surface area contributed by atoms with E-state index in [1.165, 1.54) is 4.31 Å². The molecule has 0 fully saturated rings. The molecular formula is C15H15BrClNO2S. The highest BCUT2D eigenvalue weighted by molar-refractivity contribution is 9.10. The van der Waals surface area contributed by atoms with Gasteiger partial charge < -0.3 is 0 Å². The molecule has 0 bridgehead atoms. The summed E-state index contributed by atoms with van der Waals surface area (Å²) in [5.74, 6) is 0.165. The van der Waals surface area contributed by atoms with Gasteiger partial charge in [0.1, 0.15) is 0 Å². The van der Waals surface area contributed by atoms with Crippen LogP contribution in [-0.2, 0) is 22.4 Å². The highest BCUT2D eigenvalue weighted by atomic mass is 79.9. The van der Waals surface area contributed by atoms with Gasteiger partial charge in [0.2, 0.25) is 10.0 Å². The fourth-order valence-corrected chi connectivity index (χ4v) is 4.07. The maximum atomic E-state index is 12.7. The second kappa shape index (κ2) is 6.92. The first-order valence-electron chi connectivity index (χ1n) is 6.30. The fourth-order valence-electron chi connectivity index (χ4n) is 1.99. The number of hydrogen-bond acceptors (Lipinski definition) is 2. The van der Waals surface area contributed by atoms with Crippen LogP contribution in [0.1, 0.15) is 11.1 Å². The molecule has 0 aliphatic carbocycles. The summed E-state index contributed by atoms with van der Waals surface area (Å²) in [7, 11) is -2.00. The molecule has 2 aromatic rings. The minimum absolute atomic E-state index is 0.165. The van der Waals surface area contributed by atoms with Crippen LogP contribution in [-0.4, -0.2) is 19.8 Å². The normalized spacial score (nSPS) is 11.8. The largest absolute Gasteiger partial charge is 0.243 e. The summed E-state index contributed by atoms with van der Waals surface area (Å²) >= 11 is 9.27. The van der Waals surface area contributed by atoms with E-state index in [0.717, 1.165) is 10.0 Å². The third kappa shape index (κ3) is 3.66. The van der Waals surface area contributed by atoms with E-state index < -0.39 is 10.0 Å². The second-order valence-electron chi connectivity index (χ2n) is 4.59. The van der Waals surface area contributed by atoms with Gasteiger partial charge in [-0.3, -0.25) is 0 Å². The standard InChI is InChI=1S/C15H15BrClNO2S/c1-18(11-13-7-2-4-8-14(13)16)21(19,20)15-9-5-3-6-12(15)10-17/h2-9H,10-11H2,1H3. The van der Waals surface area contributed by atoms with Crippen molar-refractivity contribution in [3.63, 3.8) is 0 Å². The van der Waals surface area contributed by atoms with E-state index >= 15 is 0 Å². The third-order valence-corrected chi connectivity index (χ3v) is 6.12. The van der Waals surface area contributed by atoms with Crippen LogP contribution in [0.3, 0.4) is 0 Å². The van der Waals surface area contributed by atoms with Crippen LogP contribution in [0.4, 0.5) is 0 Å². The van der Waals surface area contributed by atoms with Gasteiger partial charge in [-0.15, -0.1) is 11.6 Å². The molecule has 0 amide bonds. The first kappa shape index (κ1) is 16.5. The molecule has 0 heterocycles. The maximum Gasteiger partial charge on any atom is 0.243 e. The van der Waals surface area contributed by atoms with Gasteiger partial charge in [0, 0.05) is 23.9 Å². The molecule has 0 aliphatic rings. The average molecular weight is 389 g/mol. The predicted octanol–water partition coefficient (Wildman–Crippen LogP) is 4.01. The van der Waals surface area contributed by atoms with E-state index in [0.29, 0.717) is 12.1 Å². The van der Waals surface area contributed by atoms with Gasteiger partial charge in [0.05, 0.1) is 4.90 Å². The lowest BCUT2D eigenvalue weighted by Crippen LogP contribution is -2.27. The van der Waals surface area contributed by atoms with Crippen LogP contribution in [0.2, 0.25) is 0 Å². The van der Waals surface area contributed by atoms with E-state index in [1.54, 1.807) is 31.3 Å². The predicted molar refractivity (Wildman–Crippen MR) is 88.8 cm³/mol. The first-order valence-corrected chi connectivity index (χ1v) is 9.07. The van der Waals surface area contributed by atoms with Crippen molar-refractivity contribution in [3.05, 3.63) is 64.1 Å². The SMILES string of the molecule is CN(Cc1ccccc1Br)S(=O)(=O)c1ccccc1CCl. The van der Waals surface area contributed by atoms with Crippen molar-refractivity contribution in [2.24, 2.45) is 0 Å². The van der Waals surface area contributed by atoms with Gasteiger partial charge in [-0.2, -0.15) is 4.31 Å². The molecule has 3 nitrogen and oxygen atoms in total. The zero-order chi connectivity index (χ0) is 15.5. The summed E-state index contributed by atoms with van der Waals surface area (Å²) in [5, 5.41) is 0. The number of nitrogens with zero attached hydrogens (tertiary/aromatic N) is 1. The number of benzene rings is 2. The highest BCUT2D eigenvalue weighted by Gasteiger charge is 2.23. The molecule has 2 aromatic carbocycles. The maximum absolute atomic E-state index is 12.7. The van der Waals surface area contributed by atoms with Gasteiger partial charge in [0.15, 0.2) is 0 Å². The van der Waals surface area contributed by atoms with Crippen LogP contribution >= 0.6 is 27.5 Å². The van der Waals surface area contributed by atoms with Gasteiger partial charge >= 0.3 is 0 Å². The molecule has 21 heavy (non-hydrogen) atoms. The topological polar surface area (TPSA) is 37.4 Å². The second-order valence-corrected chi connectivity index (χ2v) is 7.73. The van der Waals surface area contributed by atoms with Crippen molar-refractivity contribution in [1.29, 1.82) is 0 Å². The van der Waals surface area contributed by atoms with Crippen molar-refractivity contribution >= 4 is 37.6 Å². The smallest absolute Gasteiger partial charge is 0.207 e. The van der Waals surface area contributed by atoms with E-state index in [1.807, 2.05) is 24.3 Å². The summed E-state index contributed by atoms with van der Waals surface area (Å²) in [6.07, 6.45) is 0. The molecule has 0 aliphatic heterocycles. The molecule has 0 unspecified atom stereocenters. The molecule has 0 saturated carbocycles. The van der Waals surface area contributed by atoms with Crippen LogP contribution in [0.25, 0.3) is 0 Å². The lowest BCUT2D eigenvalue weighted by atomic mass is 10.2. The van der Waals surface area contributed by atoms with E-state index in [2.05, 4.69) is 15.9 Å². The Morgan fingerprint density at radius 1 is 1.05 bits per heavy atom. The van der Waals surface area contributed by atoms with Gasteiger partial charge in [-0.25, -0.2) is 8.42 Å². The number of hydrogen-bond donors (Lipinski definition) is 0. The van der Waals surface area contributed by atoms with Crippen molar-refractivity contribution in [2.75, 3.05) is 7.05 Å². The average Bonchev–Trinajstić information content (AvgIpc) is 2.49. The Balaban J connectivity index is 2.33. The summed E-state index contributed by atoms with van der Waals surface area (Å²) in [4.78, 5) is 0.259. The molecule has 0 aromatic heterocycles. The van der Waals surface area contributed by atoms with Crippen molar-refractivity contribution in [2.45, 2.75) is 17.3 Å². The Kier molecular flexibility index (Phi) is 5.43. The summed E-state index contributed by atoms with van der Waals surface area (Å²) in [6.45, 7) is 0.292. The van der Waals surface area contributed by atoms with Gasteiger partial charge in [0.25, 0.3) is 0 Å². The number of sulfonamides is 1. The van der Waals surface area contributed by atoms with E-state index in [4.69, 9.17) is 11.6 Å². The molecule has 0 N–H and O–H groups in total. The first-order chi connectivity index (χ1) is 9.96. The zero-order valence-electron chi connectivity index (χ0n) is 11.5. The molecule has 112 valence electrons. The summed E-state index contributed by atoms with van der Waals surface area (Å²) in [6, 6.07) is 14.4. The van der Waals surface area contributed by atoms with Crippen LogP contribution in [0, 0.1) is 0 Å². The lowest BCUT2D eigenvalue weighted by molar-refractivity contribution is 0.465. The monoisotopic (exact) mass is 387 g/mol. The van der Waals surface area contributed by atoms with Crippen LogP contribution < -0.4 is 0 Å². The Morgan fingerprint density at radius 3 is 2.24 bits per heavy atom. The van der Waals surface area contributed by atoms with Crippen LogP contribution in [0.5, 0.6) is 0 Å². The fraction of sp³-hybridized carbons (Fsp3) is 0.200. The van der Waals surface area contributed by atoms with Gasteiger partial charge in [-0.05, 0) is 23.3 Å². The number of rotatable bonds is 5. The Hall–Kier alpha value is -0.880. The molecule has 0 saturated heterocycles. The Bertz CT molecular complexity index is 734. The van der Waals surface area contributed by atoms with Crippen molar-refractivity contribution < 1.29 is 8.42 Å². The Labute approximate surface area is 138 Å². The minimum atomic E-state index is -3.57. The highest BCUT2D eigenvalue weighted by Crippen LogP contribution is 2.24. The summed E-state index contributed by atoms with van der Waals surface area (Å²) in [5.41, 5.74) is 1.52. The Morgan fingerprint density at radius 2 is 1.62 bits per heavy atom. The molecular weight excluding hydrogens is 374 g/mol. The quantitative estimate of drug-likeness (QED) is 0.726. The molecule has 0 radical (unpaired) electrons. The third-order valence-electron chi connectivity index (χ3n) is 3.16. The van der Waals surface area contributed by atoms with Gasteiger partial charge in [-0.1, -0.05) is 52.3 Å². The number of alkyl halides is 1. The summed E-state index contributed by atoms with van der Waals surface area (Å²) < 4.78 is 27.6. The van der Waals surface area contributed by atoms with E-state index in [9.17, 15) is 8.42 Å². The molecule has 2 rings (SSSR count).